The molecule has 1 aromatic heterocycles. The third-order valence-corrected chi connectivity index (χ3v) is 3.67. The van der Waals surface area contributed by atoms with Gasteiger partial charge in [-0.3, -0.25) is 4.79 Å². The molecule has 1 aliphatic heterocycles. The highest BCUT2D eigenvalue weighted by Crippen LogP contribution is 2.33. The maximum Gasteiger partial charge on any atom is 0.363 e. The van der Waals surface area contributed by atoms with Crippen molar-refractivity contribution in [3.63, 3.8) is 0 Å². The number of nitrogens with zero attached hydrogens (tertiary/aromatic N) is 3. The van der Waals surface area contributed by atoms with Crippen LogP contribution >= 0.6 is 0 Å². The summed E-state index contributed by atoms with van der Waals surface area (Å²) < 4.78 is 0. The van der Waals surface area contributed by atoms with Crippen LogP contribution in [0.4, 0.5) is 11.5 Å². The van der Waals surface area contributed by atoms with E-state index in [0.29, 0.717) is 25.9 Å². The number of hydrogen-bond acceptors (Lipinski definition) is 5. The minimum atomic E-state index is -0.769. The second-order valence-electron chi connectivity index (χ2n) is 4.98. The number of pyridine rings is 1. The Morgan fingerprint density at radius 1 is 1.47 bits per heavy atom. The third-order valence-electron chi connectivity index (χ3n) is 3.67. The predicted octanol–water partition coefficient (Wildman–Crippen LogP) is 1.68. The molecule has 2 heterocycles. The van der Waals surface area contributed by atoms with Crippen molar-refractivity contribution < 1.29 is 14.8 Å². The molecule has 1 fully saturated rings. The molecule has 0 spiro atoms. The van der Waals surface area contributed by atoms with Crippen molar-refractivity contribution in [1.82, 2.24) is 4.98 Å². The minimum Gasteiger partial charge on any atom is -0.481 e. The van der Waals surface area contributed by atoms with Gasteiger partial charge >= 0.3 is 11.8 Å². The largest absolute Gasteiger partial charge is 0.481 e. The molecule has 102 valence electrons. The van der Waals surface area contributed by atoms with Crippen LogP contribution in [0.3, 0.4) is 0 Å². The van der Waals surface area contributed by atoms with E-state index in [4.69, 9.17) is 5.11 Å². The average molecular weight is 265 g/mol. The van der Waals surface area contributed by atoms with Crippen LogP contribution in [-0.4, -0.2) is 34.1 Å². The first kappa shape index (κ1) is 13.3. The number of anilines is 1. The number of carboxylic acid groups (broad SMARTS) is 1. The molecule has 1 saturated heterocycles. The monoisotopic (exact) mass is 265 g/mol. The van der Waals surface area contributed by atoms with Gasteiger partial charge in [-0.1, -0.05) is 0 Å². The zero-order valence-electron chi connectivity index (χ0n) is 10.6. The smallest absolute Gasteiger partial charge is 0.363 e. The quantitative estimate of drug-likeness (QED) is 0.659. The summed E-state index contributed by atoms with van der Waals surface area (Å²) in [6, 6.07) is 3.01. The van der Waals surface area contributed by atoms with Crippen LogP contribution in [0, 0.1) is 15.5 Å². The van der Waals surface area contributed by atoms with Gasteiger partial charge in [0.25, 0.3) is 0 Å². The highest BCUT2D eigenvalue weighted by Gasteiger charge is 2.37. The molecule has 1 N–H and O–H groups in total. The van der Waals surface area contributed by atoms with E-state index < -0.39 is 16.3 Å². The number of piperidine rings is 1. The number of carbonyl (C=O) groups is 1. The molecule has 0 amide bonds. The van der Waals surface area contributed by atoms with Crippen LogP contribution in [-0.2, 0) is 4.79 Å². The summed E-state index contributed by atoms with van der Waals surface area (Å²) in [7, 11) is 0. The zero-order chi connectivity index (χ0) is 14.0. The van der Waals surface area contributed by atoms with Crippen molar-refractivity contribution in [3.8, 4) is 0 Å². The standard InChI is InChI=1S/C12H15N3O4/c1-12(11(16)17)4-6-14(7-5-12)9-2-3-10(13-8-9)15(18)19/h2-3,8H,4-7H2,1H3,(H,16,17). The molecular formula is C12H15N3O4. The van der Waals surface area contributed by atoms with E-state index in [-0.39, 0.29) is 5.82 Å². The fourth-order valence-electron chi connectivity index (χ4n) is 2.15. The highest BCUT2D eigenvalue weighted by atomic mass is 16.6. The van der Waals surface area contributed by atoms with Crippen LogP contribution in [0.15, 0.2) is 18.3 Å². The first-order chi connectivity index (χ1) is 8.92. The van der Waals surface area contributed by atoms with E-state index in [2.05, 4.69) is 4.98 Å². The second-order valence-corrected chi connectivity index (χ2v) is 4.98. The molecule has 0 aromatic carbocycles. The Kier molecular flexibility index (Phi) is 3.37. The van der Waals surface area contributed by atoms with Crippen molar-refractivity contribution in [3.05, 3.63) is 28.4 Å². The molecule has 0 aliphatic carbocycles. The molecule has 1 aliphatic rings. The van der Waals surface area contributed by atoms with Crippen LogP contribution < -0.4 is 4.90 Å². The molecule has 7 heteroatoms. The summed E-state index contributed by atoms with van der Waals surface area (Å²) in [5, 5.41) is 19.7. The molecule has 0 atom stereocenters. The number of rotatable bonds is 3. The van der Waals surface area contributed by atoms with Gasteiger partial charge in [0.2, 0.25) is 0 Å². The molecule has 0 radical (unpaired) electrons. The number of nitro groups is 1. The van der Waals surface area contributed by atoms with Crippen molar-refractivity contribution in [2.24, 2.45) is 5.41 Å². The van der Waals surface area contributed by atoms with Gasteiger partial charge < -0.3 is 20.1 Å². The summed E-state index contributed by atoms with van der Waals surface area (Å²) in [6.07, 6.45) is 2.57. The Morgan fingerprint density at radius 3 is 2.53 bits per heavy atom. The van der Waals surface area contributed by atoms with E-state index in [1.807, 2.05) is 4.90 Å². The summed E-state index contributed by atoms with van der Waals surface area (Å²) in [4.78, 5) is 26.9. The van der Waals surface area contributed by atoms with E-state index in [1.54, 1.807) is 13.0 Å². The van der Waals surface area contributed by atoms with Gasteiger partial charge in [0, 0.05) is 19.2 Å². The summed E-state index contributed by atoms with van der Waals surface area (Å²) in [5.74, 6) is -0.954. The van der Waals surface area contributed by atoms with Crippen LogP contribution in [0.5, 0.6) is 0 Å². The van der Waals surface area contributed by atoms with Crippen molar-refractivity contribution in [2.45, 2.75) is 19.8 Å². The van der Waals surface area contributed by atoms with Crippen molar-refractivity contribution in [2.75, 3.05) is 18.0 Å². The number of hydrogen-bond donors (Lipinski definition) is 1. The van der Waals surface area contributed by atoms with Gasteiger partial charge in [-0.05, 0) is 35.7 Å². The van der Waals surface area contributed by atoms with E-state index in [9.17, 15) is 14.9 Å². The SMILES string of the molecule is CC1(C(=O)O)CCN(c2ccc([N+](=O)[O-])nc2)CC1. The van der Waals surface area contributed by atoms with E-state index in [1.165, 1.54) is 12.3 Å². The van der Waals surface area contributed by atoms with Gasteiger partial charge in [0.1, 0.15) is 0 Å². The first-order valence-corrected chi connectivity index (χ1v) is 6.01. The Bertz CT molecular complexity index is 492. The molecule has 2 rings (SSSR count). The second kappa shape index (κ2) is 4.83. The number of aromatic nitrogens is 1. The molecular weight excluding hydrogens is 250 g/mol. The van der Waals surface area contributed by atoms with Crippen LogP contribution in [0.2, 0.25) is 0 Å². The summed E-state index contributed by atoms with van der Waals surface area (Å²) >= 11 is 0. The molecule has 1 aromatic rings. The van der Waals surface area contributed by atoms with Gasteiger partial charge in [0.15, 0.2) is 6.20 Å². The maximum atomic E-state index is 11.1. The lowest BCUT2D eigenvalue weighted by Crippen LogP contribution is -2.42. The Labute approximate surface area is 110 Å². The normalized spacial score (nSPS) is 18.1. The molecule has 0 unspecified atom stereocenters. The molecule has 0 saturated carbocycles. The molecule has 7 nitrogen and oxygen atoms in total. The third kappa shape index (κ3) is 2.64. The van der Waals surface area contributed by atoms with E-state index in [0.717, 1.165) is 5.69 Å². The van der Waals surface area contributed by atoms with Gasteiger partial charge in [0.05, 0.1) is 11.1 Å². The topological polar surface area (TPSA) is 96.6 Å². The predicted molar refractivity (Wildman–Crippen MR) is 68.1 cm³/mol. The van der Waals surface area contributed by atoms with Gasteiger partial charge in [-0.2, -0.15) is 0 Å². The fraction of sp³-hybridized carbons (Fsp3) is 0.500. The highest BCUT2D eigenvalue weighted by molar-refractivity contribution is 5.74. The van der Waals surface area contributed by atoms with Gasteiger partial charge in [-0.15, -0.1) is 0 Å². The zero-order valence-corrected chi connectivity index (χ0v) is 10.6. The maximum absolute atomic E-state index is 11.1. The van der Waals surface area contributed by atoms with Crippen LogP contribution in [0.1, 0.15) is 19.8 Å². The Hall–Kier alpha value is -2.18. The van der Waals surface area contributed by atoms with Crippen molar-refractivity contribution >= 4 is 17.5 Å². The lowest BCUT2D eigenvalue weighted by molar-refractivity contribution is -0.389. The number of aliphatic carboxylic acids is 1. The summed E-state index contributed by atoms with van der Waals surface area (Å²) in [6.45, 7) is 2.98. The fourth-order valence-corrected chi connectivity index (χ4v) is 2.15. The first-order valence-electron chi connectivity index (χ1n) is 6.01. The Morgan fingerprint density at radius 2 is 2.11 bits per heavy atom. The minimum absolute atomic E-state index is 0.184. The lowest BCUT2D eigenvalue weighted by atomic mass is 9.80. The van der Waals surface area contributed by atoms with Crippen LogP contribution in [0.25, 0.3) is 0 Å². The summed E-state index contributed by atoms with van der Waals surface area (Å²) in [5.41, 5.74) is 0.114. The lowest BCUT2D eigenvalue weighted by Gasteiger charge is -2.37. The van der Waals surface area contributed by atoms with Crippen molar-refractivity contribution in [1.29, 1.82) is 0 Å². The Balaban J connectivity index is 2.05. The molecule has 19 heavy (non-hydrogen) atoms. The van der Waals surface area contributed by atoms with E-state index >= 15 is 0 Å². The number of carboxylic acids is 1. The average Bonchev–Trinajstić information content (AvgIpc) is 2.39. The van der Waals surface area contributed by atoms with Gasteiger partial charge in [-0.25, -0.2) is 0 Å². The molecule has 0 bridgehead atoms.